The molecule has 0 aliphatic heterocycles. The molecule has 178 valence electrons. The van der Waals surface area contributed by atoms with E-state index in [4.69, 9.17) is 14.2 Å². The van der Waals surface area contributed by atoms with Crippen LogP contribution in [0.4, 0.5) is 5.69 Å². The molecule has 0 aliphatic carbocycles. The molecule has 0 saturated carbocycles. The molecule has 8 nitrogen and oxygen atoms in total. The lowest BCUT2D eigenvalue weighted by Crippen LogP contribution is -2.26. The molecular weight excluding hydrogens is 436 g/mol. The molecule has 1 amide bonds. The van der Waals surface area contributed by atoms with Gasteiger partial charge in [0.25, 0.3) is 5.91 Å². The molecule has 0 radical (unpaired) electrons. The minimum Gasteiger partial charge on any atom is -0.492 e. The number of aryl methyl sites for hydroxylation is 1. The molecule has 1 aromatic heterocycles. The zero-order valence-electron chi connectivity index (χ0n) is 19.6. The van der Waals surface area contributed by atoms with E-state index < -0.39 is 23.9 Å². The molecule has 2 N–H and O–H groups in total. The number of amides is 1. The quantitative estimate of drug-likeness (QED) is 0.443. The van der Waals surface area contributed by atoms with Crippen LogP contribution in [0.3, 0.4) is 0 Å². The molecule has 2 aromatic carbocycles. The minimum absolute atomic E-state index is 0.0870. The Morgan fingerprint density at radius 2 is 1.59 bits per heavy atom. The zero-order valence-corrected chi connectivity index (χ0v) is 19.6. The van der Waals surface area contributed by atoms with Crippen molar-refractivity contribution in [3.63, 3.8) is 0 Å². The maximum Gasteiger partial charge on any atom is 0.356 e. The van der Waals surface area contributed by atoms with E-state index in [1.807, 2.05) is 6.92 Å². The second-order valence-electron chi connectivity index (χ2n) is 7.46. The number of carbonyl (C=O) groups is 3. The number of H-pyrrole nitrogens is 1. The zero-order chi connectivity index (χ0) is 24.7. The first-order valence-electron chi connectivity index (χ1n) is 11.0. The monoisotopic (exact) mass is 464 g/mol. The van der Waals surface area contributed by atoms with Gasteiger partial charge in [0.1, 0.15) is 11.4 Å². The number of aromatic nitrogens is 1. The molecular formula is C26H28N2O6. The van der Waals surface area contributed by atoms with E-state index in [1.165, 1.54) is 0 Å². The molecule has 0 aliphatic rings. The lowest BCUT2D eigenvalue weighted by Gasteiger charge is -2.19. The van der Waals surface area contributed by atoms with Crippen molar-refractivity contribution in [2.45, 2.75) is 33.8 Å². The minimum atomic E-state index is -1.24. The average molecular weight is 465 g/mol. The van der Waals surface area contributed by atoms with Gasteiger partial charge in [0.15, 0.2) is 0 Å². The van der Waals surface area contributed by atoms with E-state index in [1.54, 1.807) is 75.4 Å². The number of benzene rings is 2. The number of aromatic amines is 1. The lowest BCUT2D eigenvalue weighted by molar-refractivity contribution is -0.125. The maximum absolute atomic E-state index is 13.3. The van der Waals surface area contributed by atoms with Gasteiger partial charge in [-0.15, -0.1) is 0 Å². The molecule has 0 fully saturated rings. The van der Waals surface area contributed by atoms with Gasteiger partial charge < -0.3 is 24.5 Å². The van der Waals surface area contributed by atoms with Crippen LogP contribution in [0.1, 0.15) is 57.6 Å². The highest BCUT2D eigenvalue weighted by Gasteiger charge is 2.30. The summed E-state index contributed by atoms with van der Waals surface area (Å²) >= 11 is 0. The van der Waals surface area contributed by atoms with Crippen molar-refractivity contribution in [3.8, 4) is 5.75 Å². The van der Waals surface area contributed by atoms with Crippen LogP contribution in [0, 0.1) is 13.8 Å². The maximum atomic E-state index is 13.3. The second-order valence-corrected chi connectivity index (χ2v) is 7.46. The van der Waals surface area contributed by atoms with Crippen LogP contribution in [-0.4, -0.2) is 36.0 Å². The lowest BCUT2D eigenvalue weighted by atomic mass is 10.1. The van der Waals surface area contributed by atoms with Gasteiger partial charge in [0.2, 0.25) is 6.10 Å². The summed E-state index contributed by atoms with van der Waals surface area (Å²) in [5.41, 5.74) is 2.20. The standard InChI is InChI=1S/C26H28N2O6/c1-5-32-20-15-11-10-14-19(20)28-24(29)23(18-12-8-7-9-13-18)34-26(31)22-16(3)21(17(4)27-22)25(30)33-6-2/h7-15,23,27H,5-6H2,1-4H3,(H,28,29). The molecule has 0 spiro atoms. The van der Waals surface area contributed by atoms with Crippen LogP contribution in [0.5, 0.6) is 5.75 Å². The highest BCUT2D eigenvalue weighted by Crippen LogP contribution is 2.28. The number of hydrogen-bond donors (Lipinski definition) is 2. The van der Waals surface area contributed by atoms with E-state index >= 15 is 0 Å². The third-order valence-corrected chi connectivity index (χ3v) is 5.13. The number of nitrogens with one attached hydrogen (secondary N) is 2. The first-order chi connectivity index (χ1) is 16.4. The fourth-order valence-corrected chi connectivity index (χ4v) is 3.58. The Morgan fingerprint density at radius 3 is 2.26 bits per heavy atom. The van der Waals surface area contributed by atoms with Gasteiger partial charge >= 0.3 is 11.9 Å². The van der Waals surface area contributed by atoms with E-state index in [2.05, 4.69) is 10.3 Å². The van der Waals surface area contributed by atoms with Crippen molar-refractivity contribution in [1.82, 2.24) is 4.98 Å². The highest BCUT2D eigenvalue weighted by atomic mass is 16.5. The largest absolute Gasteiger partial charge is 0.492 e. The normalized spacial score (nSPS) is 11.4. The van der Waals surface area contributed by atoms with Gasteiger partial charge in [-0.05, 0) is 45.4 Å². The molecule has 1 unspecified atom stereocenters. The van der Waals surface area contributed by atoms with Gasteiger partial charge in [0.05, 0.1) is 24.5 Å². The molecule has 0 bridgehead atoms. The van der Waals surface area contributed by atoms with Crippen LogP contribution in [0.2, 0.25) is 0 Å². The Morgan fingerprint density at radius 1 is 0.912 bits per heavy atom. The van der Waals surface area contributed by atoms with Gasteiger partial charge in [0, 0.05) is 11.3 Å². The third-order valence-electron chi connectivity index (χ3n) is 5.13. The van der Waals surface area contributed by atoms with Crippen molar-refractivity contribution in [2.24, 2.45) is 0 Å². The van der Waals surface area contributed by atoms with Crippen LogP contribution in [0.15, 0.2) is 54.6 Å². The predicted octanol–water partition coefficient (Wildman–Crippen LogP) is 4.74. The number of anilines is 1. The number of para-hydroxylation sites is 2. The number of esters is 2. The number of hydrogen-bond acceptors (Lipinski definition) is 6. The molecule has 34 heavy (non-hydrogen) atoms. The number of rotatable bonds is 9. The summed E-state index contributed by atoms with van der Waals surface area (Å²) in [5.74, 6) is -1.33. The van der Waals surface area contributed by atoms with E-state index in [9.17, 15) is 14.4 Å². The Balaban J connectivity index is 1.90. The van der Waals surface area contributed by atoms with Gasteiger partial charge in [-0.1, -0.05) is 42.5 Å². The Kier molecular flexibility index (Phi) is 8.08. The van der Waals surface area contributed by atoms with Gasteiger partial charge in [-0.2, -0.15) is 0 Å². The van der Waals surface area contributed by atoms with Gasteiger partial charge in [-0.3, -0.25) is 4.79 Å². The molecule has 8 heteroatoms. The van der Waals surface area contributed by atoms with Crippen molar-refractivity contribution < 1.29 is 28.6 Å². The molecule has 0 saturated heterocycles. The van der Waals surface area contributed by atoms with Crippen molar-refractivity contribution in [2.75, 3.05) is 18.5 Å². The third kappa shape index (κ3) is 5.46. The van der Waals surface area contributed by atoms with Crippen molar-refractivity contribution in [3.05, 3.63) is 82.7 Å². The number of ether oxygens (including phenoxy) is 3. The summed E-state index contributed by atoms with van der Waals surface area (Å²) in [4.78, 5) is 41.6. The second kappa shape index (κ2) is 11.2. The first-order valence-corrected chi connectivity index (χ1v) is 11.0. The molecule has 1 atom stereocenters. The summed E-state index contributed by atoms with van der Waals surface area (Å²) < 4.78 is 16.3. The van der Waals surface area contributed by atoms with Crippen LogP contribution in [0.25, 0.3) is 0 Å². The van der Waals surface area contributed by atoms with Gasteiger partial charge in [-0.25, -0.2) is 9.59 Å². The topological polar surface area (TPSA) is 107 Å². The summed E-state index contributed by atoms with van der Waals surface area (Å²) in [6, 6.07) is 15.7. The predicted molar refractivity (Wildman–Crippen MR) is 127 cm³/mol. The molecule has 1 heterocycles. The first kappa shape index (κ1) is 24.6. The summed E-state index contributed by atoms with van der Waals surface area (Å²) in [6.45, 7) is 7.49. The smallest absolute Gasteiger partial charge is 0.356 e. The van der Waals surface area contributed by atoms with Crippen LogP contribution < -0.4 is 10.1 Å². The van der Waals surface area contributed by atoms with Crippen molar-refractivity contribution in [1.29, 1.82) is 0 Å². The van der Waals surface area contributed by atoms with E-state index in [-0.39, 0.29) is 17.9 Å². The average Bonchev–Trinajstić information content (AvgIpc) is 3.13. The summed E-state index contributed by atoms with van der Waals surface area (Å²) in [6.07, 6.45) is -1.24. The highest BCUT2D eigenvalue weighted by molar-refractivity contribution is 6.01. The number of carbonyl (C=O) groups excluding carboxylic acids is 3. The van der Waals surface area contributed by atoms with Crippen LogP contribution >= 0.6 is 0 Å². The fraction of sp³-hybridized carbons (Fsp3) is 0.269. The SMILES string of the molecule is CCOC(=O)c1c(C)[nH]c(C(=O)OC(C(=O)Nc2ccccc2OCC)c2ccccc2)c1C. The Labute approximate surface area is 198 Å². The summed E-state index contributed by atoms with van der Waals surface area (Å²) in [7, 11) is 0. The summed E-state index contributed by atoms with van der Waals surface area (Å²) in [5, 5.41) is 2.79. The fourth-order valence-electron chi connectivity index (χ4n) is 3.58. The Hall–Kier alpha value is -4.07. The van der Waals surface area contributed by atoms with Crippen LogP contribution in [-0.2, 0) is 14.3 Å². The molecule has 3 rings (SSSR count). The Bertz CT molecular complexity index is 1170. The van der Waals surface area contributed by atoms with E-state index in [0.29, 0.717) is 34.9 Å². The molecule has 3 aromatic rings. The van der Waals surface area contributed by atoms with E-state index in [0.717, 1.165) is 0 Å². The van der Waals surface area contributed by atoms with Crippen molar-refractivity contribution >= 4 is 23.5 Å².